The summed E-state index contributed by atoms with van der Waals surface area (Å²) >= 11 is 0. The van der Waals surface area contributed by atoms with E-state index >= 15 is 0 Å². The van der Waals surface area contributed by atoms with E-state index in [1.165, 1.54) is 6.07 Å². The maximum Gasteiger partial charge on any atom is 0.267 e. The fraction of sp³-hybridized carbons (Fsp3) is 0.417. The van der Waals surface area contributed by atoms with Crippen molar-refractivity contribution in [2.75, 3.05) is 6.61 Å². The zero-order chi connectivity index (χ0) is 12.0. The fourth-order valence-electron chi connectivity index (χ4n) is 1.53. The molecular weight excluding hydrogens is 212 g/mol. The highest BCUT2D eigenvalue weighted by Crippen LogP contribution is 2.32. The van der Waals surface area contributed by atoms with E-state index < -0.39 is 6.43 Å². The summed E-state index contributed by atoms with van der Waals surface area (Å²) < 4.78 is 30.9. The van der Waals surface area contributed by atoms with Crippen molar-refractivity contribution >= 4 is 0 Å². The molecule has 0 N–H and O–H groups in total. The van der Waals surface area contributed by atoms with E-state index in [-0.39, 0.29) is 17.7 Å². The van der Waals surface area contributed by atoms with Gasteiger partial charge < -0.3 is 4.74 Å². The van der Waals surface area contributed by atoms with Crippen molar-refractivity contribution in [3.63, 3.8) is 0 Å². The van der Waals surface area contributed by atoms with Gasteiger partial charge in [-0.15, -0.1) is 0 Å². The molecule has 86 valence electrons. The van der Waals surface area contributed by atoms with Crippen LogP contribution < -0.4 is 4.74 Å². The standard InChI is InChI=1S/C12H13F2NO/c1-2-16-10-7-3-5-9(6-4-8-15)11(10)12(13)14/h3,5,7,12H,2,4,6H2,1H3. The van der Waals surface area contributed by atoms with Crippen LogP contribution in [0.5, 0.6) is 5.75 Å². The van der Waals surface area contributed by atoms with Crippen molar-refractivity contribution in [2.45, 2.75) is 26.2 Å². The molecule has 1 rings (SSSR count). The Kier molecular flexibility index (Phi) is 4.71. The molecule has 0 fully saturated rings. The summed E-state index contributed by atoms with van der Waals surface area (Å²) in [7, 11) is 0. The number of aryl methyl sites for hydroxylation is 1. The first-order valence-electron chi connectivity index (χ1n) is 5.10. The lowest BCUT2D eigenvalue weighted by atomic mass is 10.0. The average Bonchev–Trinajstić information content (AvgIpc) is 2.26. The van der Waals surface area contributed by atoms with Crippen molar-refractivity contribution < 1.29 is 13.5 Å². The van der Waals surface area contributed by atoms with Crippen LogP contribution in [0.1, 0.15) is 30.9 Å². The molecule has 4 heteroatoms. The molecule has 0 aliphatic heterocycles. The lowest BCUT2D eigenvalue weighted by Crippen LogP contribution is -2.01. The first-order valence-corrected chi connectivity index (χ1v) is 5.10. The highest BCUT2D eigenvalue weighted by Gasteiger charge is 2.18. The summed E-state index contributed by atoms with van der Waals surface area (Å²) in [6.07, 6.45) is -2.01. The number of rotatable bonds is 5. The second-order valence-corrected chi connectivity index (χ2v) is 3.22. The van der Waals surface area contributed by atoms with Crippen LogP contribution in [0.15, 0.2) is 18.2 Å². The largest absolute Gasteiger partial charge is 0.493 e. The van der Waals surface area contributed by atoms with Gasteiger partial charge in [-0.25, -0.2) is 8.78 Å². The van der Waals surface area contributed by atoms with E-state index in [4.69, 9.17) is 10.00 Å². The van der Waals surface area contributed by atoms with Gasteiger partial charge in [-0.3, -0.25) is 0 Å². The molecule has 0 amide bonds. The SMILES string of the molecule is CCOc1cccc(CCC#N)c1C(F)F. The Morgan fingerprint density at radius 2 is 2.19 bits per heavy atom. The number of alkyl halides is 2. The number of nitriles is 1. The van der Waals surface area contributed by atoms with Gasteiger partial charge in [0.05, 0.1) is 18.2 Å². The summed E-state index contributed by atoms with van der Waals surface area (Å²) in [6, 6.07) is 6.76. The minimum absolute atomic E-state index is 0.0837. The Bertz CT molecular complexity index is 385. The minimum Gasteiger partial charge on any atom is -0.493 e. The topological polar surface area (TPSA) is 33.0 Å². The Morgan fingerprint density at radius 3 is 2.75 bits per heavy atom. The van der Waals surface area contributed by atoms with Crippen LogP contribution in [0.3, 0.4) is 0 Å². The summed E-state index contributed by atoms with van der Waals surface area (Å²) in [5.74, 6) is 0.216. The molecule has 2 nitrogen and oxygen atoms in total. The molecule has 0 radical (unpaired) electrons. The van der Waals surface area contributed by atoms with Crippen LogP contribution in [0, 0.1) is 11.3 Å². The van der Waals surface area contributed by atoms with Gasteiger partial charge in [0, 0.05) is 6.42 Å². The number of benzene rings is 1. The van der Waals surface area contributed by atoms with E-state index in [9.17, 15) is 8.78 Å². The molecule has 1 aromatic rings. The third-order valence-electron chi connectivity index (χ3n) is 2.18. The summed E-state index contributed by atoms with van der Waals surface area (Å²) in [4.78, 5) is 0. The monoisotopic (exact) mass is 225 g/mol. The lowest BCUT2D eigenvalue weighted by molar-refractivity contribution is 0.144. The van der Waals surface area contributed by atoms with Crippen molar-refractivity contribution in [3.8, 4) is 11.8 Å². The highest BCUT2D eigenvalue weighted by atomic mass is 19.3. The quantitative estimate of drug-likeness (QED) is 0.768. The summed E-state index contributed by atoms with van der Waals surface area (Å²) in [5.41, 5.74) is 0.405. The van der Waals surface area contributed by atoms with Crippen LogP contribution >= 0.6 is 0 Å². The van der Waals surface area contributed by atoms with Gasteiger partial charge in [-0.2, -0.15) is 5.26 Å². The van der Waals surface area contributed by atoms with Crippen molar-refractivity contribution in [3.05, 3.63) is 29.3 Å². The van der Waals surface area contributed by atoms with Gasteiger partial charge in [0.2, 0.25) is 0 Å². The Morgan fingerprint density at radius 1 is 1.44 bits per heavy atom. The molecule has 0 saturated carbocycles. The molecule has 0 spiro atoms. The first-order chi connectivity index (χ1) is 7.70. The highest BCUT2D eigenvalue weighted by molar-refractivity contribution is 5.41. The predicted molar refractivity (Wildman–Crippen MR) is 56.5 cm³/mol. The van der Waals surface area contributed by atoms with Crippen LogP contribution in [-0.4, -0.2) is 6.61 Å². The van der Waals surface area contributed by atoms with Crippen molar-refractivity contribution in [2.24, 2.45) is 0 Å². The minimum atomic E-state index is -2.57. The maximum atomic E-state index is 12.9. The van der Waals surface area contributed by atoms with Crippen LogP contribution in [0.4, 0.5) is 8.78 Å². The first kappa shape index (κ1) is 12.4. The second-order valence-electron chi connectivity index (χ2n) is 3.22. The molecule has 0 saturated heterocycles. The van der Waals surface area contributed by atoms with Crippen LogP contribution in [-0.2, 0) is 6.42 Å². The molecule has 16 heavy (non-hydrogen) atoms. The molecule has 0 bridgehead atoms. The zero-order valence-electron chi connectivity index (χ0n) is 9.04. The van der Waals surface area contributed by atoms with Crippen LogP contribution in [0.25, 0.3) is 0 Å². The molecule has 0 heterocycles. The molecule has 1 aromatic carbocycles. The number of ether oxygens (including phenoxy) is 1. The molecule has 0 aliphatic carbocycles. The van der Waals surface area contributed by atoms with Gasteiger partial charge >= 0.3 is 0 Å². The number of hydrogen-bond donors (Lipinski definition) is 0. The maximum absolute atomic E-state index is 12.9. The molecular formula is C12H13F2NO. The van der Waals surface area contributed by atoms with Gasteiger partial charge in [0.25, 0.3) is 6.43 Å². The second kappa shape index (κ2) is 6.06. The van der Waals surface area contributed by atoms with Gasteiger partial charge in [-0.1, -0.05) is 12.1 Å². The van der Waals surface area contributed by atoms with Crippen molar-refractivity contribution in [1.29, 1.82) is 5.26 Å². The Hall–Kier alpha value is -1.63. The molecule has 0 aromatic heterocycles. The van der Waals surface area contributed by atoms with Gasteiger partial charge in [0.1, 0.15) is 5.75 Å². The summed E-state index contributed by atoms with van der Waals surface area (Å²) in [5, 5.41) is 8.46. The summed E-state index contributed by atoms with van der Waals surface area (Å²) in [6.45, 7) is 2.10. The lowest BCUT2D eigenvalue weighted by Gasteiger charge is -2.13. The van der Waals surface area contributed by atoms with Crippen LogP contribution in [0.2, 0.25) is 0 Å². The number of nitrogens with zero attached hydrogens (tertiary/aromatic N) is 1. The fourth-order valence-corrected chi connectivity index (χ4v) is 1.53. The van der Waals surface area contributed by atoms with Gasteiger partial charge in [-0.05, 0) is 25.0 Å². The van der Waals surface area contributed by atoms with Crippen molar-refractivity contribution in [1.82, 2.24) is 0 Å². The van der Waals surface area contributed by atoms with E-state index in [1.54, 1.807) is 19.1 Å². The normalized spacial score (nSPS) is 10.2. The number of hydrogen-bond acceptors (Lipinski definition) is 2. The van der Waals surface area contributed by atoms with Gasteiger partial charge in [0.15, 0.2) is 0 Å². The van der Waals surface area contributed by atoms with E-state index in [0.717, 1.165) is 0 Å². The molecule has 0 atom stereocenters. The van der Waals surface area contributed by atoms with E-state index in [0.29, 0.717) is 18.6 Å². The van der Waals surface area contributed by atoms with E-state index in [2.05, 4.69) is 0 Å². The predicted octanol–water partition coefficient (Wildman–Crippen LogP) is 3.48. The third-order valence-corrected chi connectivity index (χ3v) is 2.18. The third kappa shape index (κ3) is 2.93. The molecule has 0 aliphatic rings. The van der Waals surface area contributed by atoms with E-state index in [1.807, 2.05) is 6.07 Å². The average molecular weight is 225 g/mol. The molecule has 0 unspecified atom stereocenters. The Labute approximate surface area is 93.5 Å². The smallest absolute Gasteiger partial charge is 0.267 e. The Balaban J connectivity index is 3.06. The number of halogens is 2. The zero-order valence-corrected chi connectivity index (χ0v) is 9.04.